The van der Waals surface area contributed by atoms with Gasteiger partial charge in [-0.3, -0.25) is 19.5 Å². The van der Waals surface area contributed by atoms with Crippen LogP contribution in [0.15, 0.2) is 42.5 Å². The van der Waals surface area contributed by atoms with Gasteiger partial charge in [0.05, 0.1) is 24.6 Å². The predicted molar refractivity (Wildman–Crippen MR) is 128 cm³/mol. The molecule has 0 bridgehead atoms. The van der Waals surface area contributed by atoms with E-state index in [9.17, 15) is 9.59 Å². The first-order valence-electron chi connectivity index (χ1n) is 10.5. The van der Waals surface area contributed by atoms with Crippen molar-refractivity contribution in [2.45, 2.75) is 31.7 Å². The maximum atomic E-state index is 13.4. The molecule has 1 N–H and O–H groups in total. The van der Waals surface area contributed by atoms with Crippen LogP contribution < -0.4 is 10.1 Å². The van der Waals surface area contributed by atoms with Gasteiger partial charge in [0.2, 0.25) is 0 Å². The third-order valence-corrected chi connectivity index (χ3v) is 7.13. The molecule has 3 aromatic rings. The zero-order chi connectivity index (χ0) is 22.8. The molecule has 2 atom stereocenters. The number of carbonyl (C=O) groups excluding carboxylic acids is 2. The standard InChI is InChI=1S/C24H25ClN2O4S/c1-4-31-24(29)20-13-32-22(26-20)12-18-14(2)27(21-10-9-17(30-3)11-19(18)21)23(28)15-5-7-16(25)8-6-15/h5-11,20,22,26H,4,12-13H2,1-3H3. The maximum Gasteiger partial charge on any atom is 0.324 e. The molecule has 0 saturated carbocycles. The van der Waals surface area contributed by atoms with Gasteiger partial charge in [-0.1, -0.05) is 11.6 Å². The molecule has 1 aliphatic heterocycles. The van der Waals surface area contributed by atoms with E-state index in [1.54, 1.807) is 54.6 Å². The lowest BCUT2D eigenvalue weighted by Crippen LogP contribution is -2.38. The Morgan fingerprint density at radius 2 is 1.97 bits per heavy atom. The van der Waals surface area contributed by atoms with Gasteiger partial charge in [-0.15, -0.1) is 11.8 Å². The summed E-state index contributed by atoms with van der Waals surface area (Å²) in [5.74, 6) is 1.05. The summed E-state index contributed by atoms with van der Waals surface area (Å²) in [6.45, 7) is 4.13. The van der Waals surface area contributed by atoms with Crippen molar-refractivity contribution >= 4 is 46.1 Å². The normalized spacial score (nSPS) is 18.1. The summed E-state index contributed by atoms with van der Waals surface area (Å²) in [7, 11) is 1.63. The first-order chi connectivity index (χ1) is 15.4. The molecule has 8 heteroatoms. The number of hydrogen-bond donors (Lipinski definition) is 1. The molecule has 6 nitrogen and oxygen atoms in total. The smallest absolute Gasteiger partial charge is 0.324 e. The fraction of sp³-hybridized carbons (Fsp3) is 0.333. The average Bonchev–Trinajstić information content (AvgIpc) is 3.37. The number of benzene rings is 2. The van der Waals surface area contributed by atoms with Gasteiger partial charge in [0, 0.05) is 27.4 Å². The van der Waals surface area contributed by atoms with E-state index >= 15 is 0 Å². The number of rotatable bonds is 6. The average molecular weight is 473 g/mol. The highest BCUT2D eigenvalue weighted by atomic mass is 35.5. The molecule has 1 fully saturated rings. The SMILES string of the molecule is CCOC(=O)C1CSC(Cc2c(C)n(C(=O)c3ccc(Cl)cc3)c3ccc(OC)cc23)N1. The number of esters is 1. The number of nitrogens with one attached hydrogen (secondary N) is 1. The lowest BCUT2D eigenvalue weighted by Gasteiger charge is -2.13. The third-order valence-electron chi connectivity index (χ3n) is 5.65. The van der Waals surface area contributed by atoms with Crippen LogP contribution in [-0.4, -0.2) is 47.3 Å². The van der Waals surface area contributed by atoms with Crippen LogP contribution in [0, 0.1) is 6.92 Å². The zero-order valence-electron chi connectivity index (χ0n) is 18.2. The third kappa shape index (κ3) is 4.37. The van der Waals surface area contributed by atoms with E-state index < -0.39 is 0 Å². The molecule has 1 aliphatic rings. The Morgan fingerprint density at radius 1 is 1.22 bits per heavy atom. The number of halogens is 1. The van der Waals surface area contributed by atoms with E-state index in [0.29, 0.717) is 29.4 Å². The Kier molecular flexibility index (Phi) is 6.79. The second-order valence-electron chi connectivity index (χ2n) is 7.59. The van der Waals surface area contributed by atoms with Crippen LogP contribution in [0.1, 0.15) is 28.5 Å². The second kappa shape index (κ2) is 9.57. The van der Waals surface area contributed by atoms with Crippen molar-refractivity contribution in [1.82, 2.24) is 9.88 Å². The van der Waals surface area contributed by atoms with Crippen molar-refractivity contribution < 1.29 is 19.1 Å². The number of ether oxygens (including phenoxy) is 2. The Hall–Kier alpha value is -2.48. The van der Waals surface area contributed by atoms with E-state index in [4.69, 9.17) is 21.1 Å². The van der Waals surface area contributed by atoms with Crippen LogP contribution in [0.4, 0.5) is 0 Å². The molecular formula is C24H25ClN2O4S. The minimum Gasteiger partial charge on any atom is -0.497 e. The van der Waals surface area contributed by atoms with Gasteiger partial charge >= 0.3 is 5.97 Å². The fourth-order valence-corrected chi connectivity index (χ4v) is 5.37. The van der Waals surface area contributed by atoms with Gasteiger partial charge in [0.1, 0.15) is 11.8 Å². The Morgan fingerprint density at radius 3 is 2.66 bits per heavy atom. The van der Waals surface area contributed by atoms with Crippen molar-refractivity contribution in [2.24, 2.45) is 0 Å². The van der Waals surface area contributed by atoms with Crippen molar-refractivity contribution in [3.05, 3.63) is 64.3 Å². The van der Waals surface area contributed by atoms with Crippen LogP contribution in [0.3, 0.4) is 0 Å². The maximum absolute atomic E-state index is 13.4. The molecule has 0 aliphatic carbocycles. The van der Waals surface area contributed by atoms with Crippen LogP contribution in [0.25, 0.3) is 10.9 Å². The van der Waals surface area contributed by atoms with Crippen LogP contribution in [0.2, 0.25) is 5.02 Å². The monoisotopic (exact) mass is 472 g/mol. The van der Waals surface area contributed by atoms with E-state index in [-0.39, 0.29) is 23.3 Å². The number of methoxy groups -OCH3 is 1. The Balaban J connectivity index is 1.71. The summed E-state index contributed by atoms with van der Waals surface area (Å²) in [6, 6.07) is 12.3. The zero-order valence-corrected chi connectivity index (χ0v) is 19.8. The molecule has 4 rings (SSSR count). The van der Waals surface area contributed by atoms with Crippen LogP contribution in [-0.2, 0) is 16.0 Å². The van der Waals surface area contributed by atoms with E-state index in [1.165, 1.54) is 0 Å². The minimum absolute atomic E-state index is 0.0407. The summed E-state index contributed by atoms with van der Waals surface area (Å²) in [5, 5.41) is 4.96. The Labute approximate surface area is 196 Å². The lowest BCUT2D eigenvalue weighted by molar-refractivity contribution is -0.144. The van der Waals surface area contributed by atoms with Gasteiger partial charge in [-0.25, -0.2) is 0 Å². The first-order valence-corrected chi connectivity index (χ1v) is 11.9. The summed E-state index contributed by atoms with van der Waals surface area (Å²) in [5.41, 5.74) is 3.31. The Bertz CT molecular complexity index is 1160. The highest BCUT2D eigenvalue weighted by molar-refractivity contribution is 8.00. The van der Waals surface area contributed by atoms with Crippen molar-refractivity contribution in [3.63, 3.8) is 0 Å². The summed E-state index contributed by atoms with van der Waals surface area (Å²) < 4.78 is 12.3. The van der Waals surface area contributed by atoms with E-state index in [1.807, 2.05) is 25.1 Å². The van der Waals surface area contributed by atoms with Crippen molar-refractivity contribution in [1.29, 1.82) is 0 Å². The minimum atomic E-state index is -0.316. The molecule has 0 amide bonds. The van der Waals surface area contributed by atoms with Gasteiger partial charge in [0.15, 0.2) is 0 Å². The molecule has 1 aromatic heterocycles. The van der Waals surface area contributed by atoms with Gasteiger partial charge in [0.25, 0.3) is 5.91 Å². The van der Waals surface area contributed by atoms with Crippen molar-refractivity contribution in [2.75, 3.05) is 19.5 Å². The van der Waals surface area contributed by atoms with Gasteiger partial charge < -0.3 is 9.47 Å². The highest BCUT2D eigenvalue weighted by Crippen LogP contribution is 2.33. The quantitative estimate of drug-likeness (QED) is 0.535. The van der Waals surface area contributed by atoms with Crippen LogP contribution >= 0.6 is 23.4 Å². The molecule has 2 heterocycles. The largest absolute Gasteiger partial charge is 0.497 e. The number of nitrogens with zero attached hydrogens (tertiary/aromatic N) is 1. The number of fused-ring (bicyclic) bond motifs is 1. The lowest BCUT2D eigenvalue weighted by atomic mass is 10.1. The van der Waals surface area contributed by atoms with Crippen LogP contribution in [0.5, 0.6) is 5.75 Å². The summed E-state index contributed by atoms with van der Waals surface area (Å²) in [6.07, 6.45) is 0.664. The second-order valence-corrected chi connectivity index (χ2v) is 9.26. The molecule has 1 saturated heterocycles. The fourth-order valence-electron chi connectivity index (χ4n) is 4.05. The summed E-state index contributed by atoms with van der Waals surface area (Å²) >= 11 is 7.69. The first kappa shape index (κ1) is 22.7. The summed E-state index contributed by atoms with van der Waals surface area (Å²) in [4.78, 5) is 25.5. The topological polar surface area (TPSA) is 69.6 Å². The highest BCUT2D eigenvalue weighted by Gasteiger charge is 2.32. The molecular weight excluding hydrogens is 448 g/mol. The molecule has 0 radical (unpaired) electrons. The number of carbonyl (C=O) groups is 2. The molecule has 168 valence electrons. The van der Waals surface area contributed by atoms with Gasteiger partial charge in [-0.2, -0.15) is 0 Å². The predicted octanol–water partition coefficient (Wildman–Crippen LogP) is 4.44. The number of hydrogen-bond acceptors (Lipinski definition) is 6. The molecule has 2 aromatic carbocycles. The van der Waals surface area contributed by atoms with E-state index in [2.05, 4.69) is 5.32 Å². The van der Waals surface area contributed by atoms with Crippen molar-refractivity contribution in [3.8, 4) is 5.75 Å². The van der Waals surface area contributed by atoms with E-state index in [0.717, 1.165) is 27.9 Å². The number of aromatic nitrogens is 1. The molecule has 32 heavy (non-hydrogen) atoms. The molecule has 0 spiro atoms. The number of thioether (sulfide) groups is 1. The van der Waals surface area contributed by atoms with Gasteiger partial charge in [-0.05, 0) is 68.3 Å². The molecule has 2 unspecified atom stereocenters.